The first-order chi connectivity index (χ1) is 11.2. The summed E-state index contributed by atoms with van der Waals surface area (Å²) in [6, 6.07) is 10.6. The van der Waals surface area contributed by atoms with Crippen LogP contribution in [0.3, 0.4) is 0 Å². The van der Waals surface area contributed by atoms with E-state index in [9.17, 15) is 0 Å². The van der Waals surface area contributed by atoms with E-state index in [1.54, 1.807) is 0 Å². The molecule has 0 aromatic heterocycles. The van der Waals surface area contributed by atoms with Crippen LogP contribution >= 0.6 is 0 Å². The predicted molar refractivity (Wildman–Crippen MR) is 98.1 cm³/mol. The third-order valence-electron chi connectivity index (χ3n) is 4.97. The Hall–Kier alpha value is -1.15. The van der Waals surface area contributed by atoms with Gasteiger partial charge in [0.05, 0.1) is 6.04 Å². The average Bonchev–Trinajstić information content (AvgIpc) is 2.58. The Morgan fingerprint density at radius 3 is 2.30 bits per heavy atom. The first-order valence-electron chi connectivity index (χ1n) is 9.42. The van der Waals surface area contributed by atoms with Crippen molar-refractivity contribution in [1.29, 1.82) is 0 Å². The fourth-order valence-corrected chi connectivity index (χ4v) is 3.79. The number of halogens is 1. The van der Waals surface area contributed by atoms with Gasteiger partial charge in [-0.05, 0) is 43.4 Å². The minimum absolute atomic E-state index is 0.0212. The predicted octanol–water partition coefficient (Wildman–Crippen LogP) is 6.21. The Kier molecular flexibility index (Phi) is 7.29. The van der Waals surface area contributed by atoms with Crippen molar-refractivity contribution in [2.75, 3.05) is 6.54 Å². The van der Waals surface area contributed by atoms with Crippen LogP contribution in [-0.2, 0) is 0 Å². The van der Waals surface area contributed by atoms with Crippen LogP contribution in [0.15, 0.2) is 36.2 Å². The van der Waals surface area contributed by atoms with Crippen molar-refractivity contribution >= 4 is 5.57 Å². The molecule has 23 heavy (non-hydrogen) atoms. The largest absolute Gasteiger partial charge is 0.291 e. The summed E-state index contributed by atoms with van der Waals surface area (Å²) in [5.41, 5.74) is 2.03. The monoisotopic (exact) mass is 317 g/mol. The van der Waals surface area contributed by atoms with Crippen LogP contribution in [0.2, 0.25) is 0 Å². The Bertz CT molecular complexity index is 494. The van der Waals surface area contributed by atoms with E-state index in [2.05, 4.69) is 37.8 Å². The van der Waals surface area contributed by atoms with Gasteiger partial charge in [0.2, 0.25) is 0 Å². The topological polar surface area (TPSA) is 3.24 Å². The average molecular weight is 317 g/mol. The van der Waals surface area contributed by atoms with Crippen LogP contribution in [0.1, 0.15) is 71.3 Å². The van der Waals surface area contributed by atoms with E-state index in [1.165, 1.54) is 6.42 Å². The lowest BCUT2D eigenvalue weighted by Crippen LogP contribution is -2.47. The fraction of sp³-hybridized carbons (Fsp3) is 0.619. The van der Waals surface area contributed by atoms with E-state index in [-0.39, 0.29) is 11.9 Å². The highest BCUT2D eigenvalue weighted by molar-refractivity contribution is 5.69. The van der Waals surface area contributed by atoms with Crippen molar-refractivity contribution < 1.29 is 4.39 Å². The first-order valence-corrected chi connectivity index (χ1v) is 9.42. The zero-order valence-electron chi connectivity index (χ0n) is 15.0. The van der Waals surface area contributed by atoms with Crippen molar-refractivity contribution in [2.45, 2.75) is 77.8 Å². The number of nitrogens with zero attached hydrogens (tertiary/aromatic N) is 1. The number of hydrogen-bond donors (Lipinski definition) is 0. The molecule has 1 nitrogen and oxygen atoms in total. The highest BCUT2D eigenvalue weighted by Crippen LogP contribution is 2.38. The van der Waals surface area contributed by atoms with E-state index in [0.29, 0.717) is 6.04 Å². The molecule has 0 aliphatic carbocycles. The molecule has 2 unspecified atom stereocenters. The van der Waals surface area contributed by atoms with Crippen molar-refractivity contribution in [1.82, 2.24) is 4.90 Å². The van der Waals surface area contributed by atoms with Gasteiger partial charge in [-0.25, -0.2) is 4.39 Å². The molecule has 2 atom stereocenters. The van der Waals surface area contributed by atoms with Gasteiger partial charge in [-0.3, -0.25) is 4.90 Å². The van der Waals surface area contributed by atoms with Crippen molar-refractivity contribution in [3.63, 3.8) is 0 Å². The summed E-state index contributed by atoms with van der Waals surface area (Å²) in [5.74, 6) is 0.126. The van der Waals surface area contributed by atoms with Crippen LogP contribution in [0.4, 0.5) is 4.39 Å². The maximum atomic E-state index is 15.3. The summed E-state index contributed by atoms with van der Waals surface area (Å²) in [4.78, 5) is 2.47. The molecule has 0 N–H and O–H groups in total. The van der Waals surface area contributed by atoms with Gasteiger partial charge < -0.3 is 0 Å². The summed E-state index contributed by atoms with van der Waals surface area (Å²) in [6.07, 6.45) is 7.46. The molecule has 1 heterocycles. The SMILES string of the molecule is CCCCN1C(CCC)CC(c2ccccc2)=C(F)C1CCC. The van der Waals surface area contributed by atoms with Gasteiger partial charge in [-0.15, -0.1) is 0 Å². The Balaban J connectivity index is 2.36. The van der Waals surface area contributed by atoms with Gasteiger partial charge in [-0.1, -0.05) is 70.4 Å². The fourth-order valence-electron chi connectivity index (χ4n) is 3.79. The van der Waals surface area contributed by atoms with E-state index in [1.807, 2.05) is 18.2 Å². The second kappa shape index (κ2) is 9.22. The number of benzene rings is 1. The van der Waals surface area contributed by atoms with Gasteiger partial charge in [0.25, 0.3) is 0 Å². The molecule has 0 fully saturated rings. The summed E-state index contributed by atoms with van der Waals surface area (Å²) in [6.45, 7) is 7.65. The van der Waals surface area contributed by atoms with Crippen LogP contribution < -0.4 is 0 Å². The zero-order chi connectivity index (χ0) is 16.7. The molecule has 1 aliphatic rings. The molecular formula is C21H32FN. The number of hydrogen-bond acceptors (Lipinski definition) is 1. The van der Waals surface area contributed by atoms with Gasteiger partial charge in [0, 0.05) is 6.04 Å². The Labute approximate surface area is 141 Å². The summed E-state index contributed by atoms with van der Waals surface area (Å²) in [5, 5.41) is 0. The van der Waals surface area contributed by atoms with Crippen molar-refractivity contribution in [2.24, 2.45) is 0 Å². The van der Waals surface area contributed by atoms with Crippen LogP contribution in [0, 0.1) is 0 Å². The normalized spacial score (nSPS) is 22.6. The van der Waals surface area contributed by atoms with Crippen molar-refractivity contribution in [3.8, 4) is 0 Å². The van der Waals surface area contributed by atoms with E-state index >= 15 is 4.39 Å². The summed E-state index contributed by atoms with van der Waals surface area (Å²) >= 11 is 0. The molecule has 0 spiro atoms. The van der Waals surface area contributed by atoms with Gasteiger partial charge >= 0.3 is 0 Å². The lowest BCUT2D eigenvalue weighted by molar-refractivity contribution is 0.112. The summed E-state index contributed by atoms with van der Waals surface area (Å²) < 4.78 is 15.3. The second-order valence-corrected chi connectivity index (χ2v) is 6.73. The number of rotatable bonds is 8. The zero-order valence-corrected chi connectivity index (χ0v) is 15.0. The molecule has 2 heteroatoms. The molecule has 1 aromatic carbocycles. The molecule has 0 amide bonds. The standard InChI is InChI=1S/C21H32FN/c1-4-7-15-23-18(11-5-2)16-19(17-13-9-8-10-14-17)21(22)20(23)12-6-3/h8-10,13-14,18,20H,4-7,11-12,15-16H2,1-3H3. The minimum Gasteiger partial charge on any atom is -0.291 e. The third-order valence-corrected chi connectivity index (χ3v) is 4.97. The highest BCUT2D eigenvalue weighted by atomic mass is 19.1. The molecule has 0 bridgehead atoms. The lowest BCUT2D eigenvalue weighted by atomic mass is 9.86. The molecule has 0 radical (unpaired) electrons. The quantitative estimate of drug-likeness (QED) is 0.551. The van der Waals surface area contributed by atoms with E-state index in [4.69, 9.17) is 0 Å². The highest BCUT2D eigenvalue weighted by Gasteiger charge is 2.35. The smallest absolute Gasteiger partial charge is 0.121 e. The van der Waals surface area contributed by atoms with Crippen LogP contribution in [0.25, 0.3) is 5.57 Å². The van der Waals surface area contributed by atoms with Crippen LogP contribution in [-0.4, -0.2) is 23.5 Å². The second-order valence-electron chi connectivity index (χ2n) is 6.73. The maximum Gasteiger partial charge on any atom is 0.121 e. The Morgan fingerprint density at radius 1 is 1.00 bits per heavy atom. The summed E-state index contributed by atoms with van der Waals surface area (Å²) in [7, 11) is 0. The Morgan fingerprint density at radius 2 is 1.70 bits per heavy atom. The maximum absolute atomic E-state index is 15.3. The van der Waals surface area contributed by atoms with Gasteiger partial charge in [0.1, 0.15) is 5.83 Å². The van der Waals surface area contributed by atoms with E-state index in [0.717, 1.165) is 56.2 Å². The third kappa shape index (κ3) is 4.44. The lowest BCUT2D eigenvalue weighted by Gasteiger charge is -2.42. The molecule has 0 saturated heterocycles. The minimum atomic E-state index is -0.0212. The van der Waals surface area contributed by atoms with Gasteiger partial charge in [-0.2, -0.15) is 0 Å². The molecule has 0 saturated carbocycles. The number of unbranched alkanes of at least 4 members (excludes halogenated alkanes) is 1. The van der Waals surface area contributed by atoms with E-state index < -0.39 is 0 Å². The first kappa shape index (κ1) is 18.2. The van der Waals surface area contributed by atoms with Crippen molar-refractivity contribution in [3.05, 3.63) is 41.7 Å². The van der Waals surface area contributed by atoms with Gasteiger partial charge in [0.15, 0.2) is 0 Å². The molecule has 1 aliphatic heterocycles. The molecule has 2 rings (SSSR count). The molecule has 128 valence electrons. The molecular weight excluding hydrogens is 285 g/mol. The van der Waals surface area contributed by atoms with Crippen LogP contribution in [0.5, 0.6) is 0 Å². The molecule has 1 aromatic rings.